The first-order chi connectivity index (χ1) is 11.2. The van der Waals surface area contributed by atoms with E-state index in [9.17, 15) is 4.79 Å². The van der Waals surface area contributed by atoms with Gasteiger partial charge in [0.1, 0.15) is 5.75 Å². The van der Waals surface area contributed by atoms with Crippen LogP contribution in [0.3, 0.4) is 0 Å². The number of fused-ring (bicyclic) bond motifs is 2. The molecular formula is C18H21Cl2NO3. The van der Waals surface area contributed by atoms with Crippen LogP contribution in [0.15, 0.2) is 23.4 Å². The molecule has 1 aromatic carbocycles. The van der Waals surface area contributed by atoms with Crippen molar-refractivity contribution in [2.75, 3.05) is 6.61 Å². The number of rotatable bonds is 4. The molecule has 0 radical (unpaired) electrons. The quantitative estimate of drug-likeness (QED) is 0.546. The highest BCUT2D eigenvalue weighted by atomic mass is 35.5. The second kappa shape index (κ2) is 6.23. The molecule has 6 heteroatoms. The van der Waals surface area contributed by atoms with E-state index < -0.39 is 5.97 Å². The van der Waals surface area contributed by atoms with Crippen molar-refractivity contribution in [2.24, 2.45) is 21.9 Å². The van der Waals surface area contributed by atoms with Crippen molar-refractivity contribution in [3.8, 4) is 5.75 Å². The maximum Gasteiger partial charge on any atom is 0.372 e. The molecule has 2 atom stereocenters. The van der Waals surface area contributed by atoms with Gasteiger partial charge < -0.3 is 9.57 Å². The van der Waals surface area contributed by atoms with E-state index in [1.165, 1.54) is 6.42 Å². The van der Waals surface area contributed by atoms with Crippen LogP contribution in [0.25, 0.3) is 0 Å². The number of benzene rings is 1. The zero-order valence-corrected chi connectivity index (χ0v) is 15.6. The lowest BCUT2D eigenvalue weighted by molar-refractivity contribution is -0.146. The minimum atomic E-state index is -0.544. The minimum absolute atomic E-state index is 0.0122. The third-order valence-corrected chi connectivity index (χ3v) is 6.54. The van der Waals surface area contributed by atoms with E-state index in [-0.39, 0.29) is 17.4 Å². The first-order valence-corrected chi connectivity index (χ1v) is 8.84. The van der Waals surface area contributed by atoms with Crippen LogP contribution in [-0.2, 0) is 9.63 Å². The highest BCUT2D eigenvalue weighted by Crippen LogP contribution is 2.63. The summed E-state index contributed by atoms with van der Waals surface area (Å²) < 4.78 is 5.36. The van der Waals surface area contributed by atoms with Gasteiger partial charge in [-0.05, 0) is 48.8 Å². The Balaban J connectivity index is 1.58. The Bertz CT molecular complexity index is 702. The maximum atomic E-state index is 11.9. The van der Waals surface area contributed by atoms with Crippen molar-refractivity contribution in [3.05, 3.63) is 28.2 Å². The Morgan fingerprint density at radius 1 is 1.33 bits per heavy atom. The third-order valence-electron chi connectivity index (χ3n) is 6.01. The average molecular weight is 370 g/mol. The van der Waals surface area contributed by atoms with Gasteiger partial charge in [0.05, 0.1) is 10.7 Å². The number of hydrogen-bond donors (Lipinski definition) is 0. The number of carbonyl (C=O) groups excluding carboxylic acids is 1. The fraction of sp³-hybridized carbons (Fsp3) is 0.556. The SMILES string of the molecule is CC12CCC(C/C1=N/OC(=O)COc1ccc(Cl)cc1Cl)C2(C)C. The first-order valence-electron chi connectivity index (χ1n) is 8.09. The van der Waals surface area contributed by atoms with Crippen LogP contribution in [-0.4, -0.2) is 18.3 Å². The van der Waals surface area contributed by atoms with Gasteiger partial charge in [0.25, 0.3) is 0 Å². The second-order valence-electron chi connectivity index (χ2n) is 7.36. The van der Waals surface area contributed by atoms with Crippen molar-refractivity contribution < 1.29 is 14.4 Å². The predicted octanol–water partition coefficient (Wildman–Crippen LogP) is 5.12. The van der Waals surface area contributed by atoms with E-state index in [0.29, 0.717) is 21.7 Å². The van der Waals surface area contributed by atoms with E-state index in [4.69, 9.17) is 32.8 Å². The number of carbonyl (C=O) groups is 1. The lowest BCUT2D eigenvalue weighted by Gasteiger charge is -2.34. The number of nitrogens with zero attached hydrogens (tertiary/aromatic N) is 1. The smallest absolute Gasteiger partial charge is 0.372 e. The molecule has 0 aliphatic heterocycles. The molecule has 1 aromatic rings. The van der Waals surface area contributed by atoms with Crippen molar-refractivity contribution >= 4 is 34.9 Å². The Kier molecular flexibility index (Phi) is 4.56. The molecule has 0 saturated heterocycles. The zero-order valence-electron chi connectivity index (χ0n) is 14.1. The molecule has 2 fully saturated rings. The molecule has 0 amide bonds. The molecule has 130 valence electrons. The van der Waals surface area contributed by atoms with Gasteiger partial charge >= 0.3 is 5.97 Å². The van der Waals surface area contributed by atoms with E-state index in [2.05, 4.69) is 25.9 Å². The Morgan fingerprint density at radius 2 is 2.08 bits per heavy atom. The third kappa shape index (κ3) is 2.91. The zero-order chi connectivity index (χ0) is 17.5. The summed E-state index contributed by atoms with van der Waals surface area (Å²) in [6, 6.07) is 4.82. The first kappa shape index (κ1) is 17.6. The molecule has 3 rings (SSSR count). The van der Waals surface area contributed by atoms with Crippen molar-refractivity contribution in [2.45, 2.75) is 40.0 Å². The van der Waals surface area contributed by atoms with E-state index in [0.717, 1.165) is 18.6 Å². The van der Waals surface area contributed by atoms with Crippen molar-refractivity contribution in [1.29, 1.82) is 0 Å². The summed E-state index contributed by atoms with van der Waals surface area (Å²) in [5.74, 6) is 0.459. The summed E-state index contributed by atoms with van der Waals surface area (Å²) in [6.45, 7) is 6.53. The van der Waals surface area contributed by atoms with Crippen molar-refractivity contribution in [3.63, 3.8) is 0 Å². The standard InChI is InChI=1S/C18H21Cl2NO3/c1-17(2)11-6-7-18(17,3)15(8-11)21-24-16(22)10-23-14-5-4-12(19)9-13(14)20/h4-5,9,11H,6-8,10H2,1-3H3/b21-15-. The predicted molar refractivity (Wildman–Crippen MR) is 94.7 cm³/mol. The van der Waals surface area contributed by atoms with Crippen LogP contribution in [0.2, 0.25) is 10.0 Å². The van der Waals surface area contributed by atoms with Gasteiger partial charge in [0.2, 0.25) is 0 Å². The molecule has 2 aliphatic carbocycles. The normalized spacial score (nSPS) is 29.0. The molecule has 0 spiro atoms. The molecular weight excluding hydrogens is 349 g/mol. The average Bonchev–Trinajstić information content (AvgIpc) is 2.85. The van der Waals surface area contributed by atoms with E-state index in [1.54, 1.807) is 18.2 Å². The van der Waals surface area contributed by atoms with Crippen LogP contribution < -0.4 is 4.74 Å². The lowest BCUT2D eigenvalue weighted by Crippen LogP contribution is -2.32. The summed E-state index contributed by atoms with van der Waals surface area (Å²) in [5, 5.41) is 5.01. The van der Waals surface area contributed by atoms with Gasteiger partial charge in [0.15, 0.2) is 6.61 Å². The number of oxime groups is 1. The van der Waals surface area contributed by atoms with E-state index in [1.807, 2.05) is 0 Å². The fourth-order valence-electron chi connectivity index (χ4n) is 3.93. The van der Waals surface area contributed by atoms with Crippen LogP contribution in [0, 0.1) is 16.7 Å². The molecule has 0 N–H and O–H groups in total. The Labute approximate surface area is 152 Å². The van der Waals surface area contributed by atoms with Crippen LogP contribution in [0.1, 0.15) is 40.0 Å². The molecule has 0 aromatic heterocycles. The number of halogens is 2. The molecule has 4 nitrogen and oxygen atoms in total. The highest BCUT2D eigenvalue weighted by Gasteiger charge is 2.60. The van der Waals surface area contributed by atoms with Gasteiger partial charge in [-0.2, -0.15) is 0 Å². The van der Waals surface area contributed by atoms with Gasteiger partial charge in [-0.25, -0.2) is 4.79 Å². The molecule has 24 heavy (non-hydrogen) atoms. The largest absolute Gasteiger partial charge is 0.480 e. The second-order valence-corrected chi connectivity index (χ2v) is 8.20. The highest BCUT2D eigenvalue weighted by molar-refractivity contribution is 6.35. The number of hydrogen-bond acceptors (Lipinski definition) is 4. The van der Waals surface area contributed by atoms with Crippen LogP contribution in [0.5, 0.6) is 5.75 Å². The van der Waals surface area contributed by atoms with E-state index >= 15 is 0 Å². The topological polar surface area (TPSA) is 47.9 Å². The lowest BCUT2D eigenvalue weighted by atomic mass is 9.70. The number of ether oxygens (including phenoxy) is 1. The van der Waals surface area contributed by atoms with Gasteiger partial charge in [-0.3, -0.25) is 0 Å². The summed E-state index contributed by atoms with van der Waals surface area (Å²) in [6.07, 6.45) is 3.22. The minimum Gasteiger partial charge on any atom is -0.480 e. The fourth-order valence-corrected chi connectivity index (χ4v) is 4.39. The Morgan fingerprint density at radius 3 is 2.67 bits per heavy atom. The van der Waals surface area contributed by atoms with Crippen molar-refractivity contribution in [1.82, 2.24) is 0 Å². The summed E-state index contributed by atoms with van der Waals surface area (Å²) in [5.41, 5.74) is 1.20. The van der Waals surface area contributed by atoms with Crippen LogP contribution >= 0.6 is 23.2 Å². The Hall–Kier alpha value is -1.26. The molecule has 2 aliphatic rings. The maximum absolute atomic E-state index is 11.9. The summed E-state index contributed by atoms with van der Waals surface area (Å²) in [4.78, 5) is 17.0. The van der Waals surface area contributed by atoms with Crippen LogP contribution in [0.4, 0.5) is 0 Å². The van der Waals surface area contributed by atoms with Gasteiger partial charge in [0, 0.05) is 10.4 Å². The summed E-state index contributed by atoms with van der Waals surface area (Å²) >= 11 is 11.8. The van der Waals surface area contributed by atoms with Gasteiger partial charge in [-0.1, -0.05) is 49.1 Å². The molecule has 2 unspecified atom stereocenters. The molecule has 0 heterocycles. The van der Waals surface area contributed by atoms with Gasteiger partial charge in [-0.15, -0.1) is 0 Å². The summed E-state index contributed by atoms with van der Waals surface area (Å²) in [7, 11) is 0. The molecule has 2 saturated carbocycles. The monoisotopic (exact) mass is 369 g/mol. The molecule has 2 bridgehead atoms.